The SMILES string of the molecule is CC(C)NC(=O)CNS(=O)(=O)N1CCc2ccccc2C1. The van der Waals surface area contributed by atoms with Gasteiger partial charge in [0.1, 0.15) is 0 Å². The fraction of sp³-hybridized carbons (Fsp3) is 0.500. The molecule has 2 N–H and O–H groups in total. The van der Waals surface area contributed by atoms with Crippen molar-refractivity contribution in [1.29, 1.82) is 0 Å². The number of carbonyl (C=O) groups is 1. The first-order chi connectivity index (χ1) is 9.88. The van der Waals surface area contributed by atoms with Crippen LogP contribution in [0.4, 0.5) is 0 Å². The molecule has 21 heavy (non-hydrogen) atoms. The van der Waals surface area contributed by atoms with Crippen molar-refractivity contribution >= 4 is 16.1 Å². The van der Waals surface area contributed by atoms with Crippen molar-refractivity contribution in [2.45, 2.75) is 32.9 Å². The van der Waals surface area contributed by atoms with Crippen molar-refractivity contribution in [2.75, 3.05) is 13.1 Å². The molecular weight excluding hydrogens is 290 g/mol. The van der Waals surface area contributed by atoms with E-state index < -0.39 is 10.2 Å². The molecule has 1 aliphatic rings. The van der Waals surface area contributed by atoms with E-state index in [4.69, 9.17) is 0 Å². The lowest BCUT2D eigenvalue weighted by molar-refractivity contribution is -0.120. The summed E-state index contributed by atoms with van der Waals surface area (Å²) in [6.45, 7) is 4.19. The van der Waals surface area contributed by atoms with Gasteiger partial charge in [-0.05, 0) is 31.4 Å². The number of rotatable bonds is 5. The molecule has 1 aromatic carbocycles. The first kappa shape index (κ1) is 15.9. The van der Waals surface area contributed by atoms with Gasteiger partial charge in [0.25, 0.3) is 10.2 Å². The quantitative estimate of drug-likeness (QED) is 0.826. The summed E-state index contributed by atoms with van der Waals surface area (Å²) in [5.74, 6) is -0.328. The van der Waals surface area contributed by atoms with E-state index in [1.165, 1.54) is 9.87 Å². The van der Waals surface area contributed by atoms with Gasteiger partial charge in [0, 0.05) is 19.1 Å². The van der Waals surface area contributed by atoms with Gasteiger partial charge in [-0.1, -0.05) is 24.3 Å². The lowest BCUT2D eigenvalue weighted by Crippen LogP contribution is -2.47. The Hall–Kier alpha value is -1.44. The van der Waals surface area contributed by atoms with Gasteiger partial charge in [0.2, 0.25) is 5.91 Å². The van der Waals surface area contributed by atoms with Crippen LogP contribution in [-0.4, -0.2) is 37.8 Å². The molecule has 6 nitrogen and oxygen atoms in total. The monoisotopic (exact) mass is 311 g/mol. The number of fused-ring (bicyclic) bond motifs is 1. The molecule has 0 saturated heterocycles. The summed E-state index contributed by atoms with van der Waals surface area (Å²) >= 11 is 0. The van der Waals surface area contributed by atoms with Crippen LogP contribution >= 0.6 is 0 Å². The molecule has 116 valence electrons. The van der Waals surface area contributed by atoms with Crippen LogP contribution in [0.15, 0.2) is 24.3 Å². The molecule has 7 heteroatoms. The molecule has 0 aliphatic carbocycles. The minimum absolute atomic E-state index is 0.0103. The average Bonchev–Trinajstić information content (AvgIpc) is 2.44. The second-order valence-corrected chi connectivity index (χ2v) is 7.16. The summed E-state index contributed by atoms with van der Waals surface area (Å²) in [7, 11) is -3.63. The predicted molar refractivity (Wildman–Crippen MR) is 80.8 cm³/mol. The number of benzene rings is 1. The van der Waals surface area contributed by atoms with Crippen molar-refractivity contribution < 1.29 is 13.2 Å². The number of hydrogen-bond acceptors (Lipinski definition) is 3. The Morgan fingerprint density at radius 3 is 2.62 bits per heavy atom. The topological polar surface area (TPSA) is 78.5 Å². The van der Waals surface area contributed by atoms with Crippen LogP contribution in [0, 0.1) is 0 Å². The van der Waals surface area contributed by atoms with Gasteiger partial charge in [-0.2, -0.15) is 17.4 Å². The lowest BCUT2D eigenvalue weighted by atomic mass is 10.0. The second kappa shape index (κ2) is 6.55. The zero-order chi connectivity index (χ0) is 15.5. The first-order valence-corrected chi connectivity index (χ1v) is 8.43. The van der Waals surface area contributed by atoms with E-state index in [1.54, 1.807) is 0 Å². The Morgan fingerprint density at radius 1 is 1.29 bits per heavy atom. The highest BCUT2D eigenvalue weighted by molar-refractivity contribution is 7.87. The highest BCUT2D eigenvalue weighted by atomic mass is 32.2. The van der Waals surface area contributed by atoms with Crippen LogP contribution in [0.2, 0.25) is 0 Å². The Labute approximate surface area is 125 Å². The minimum atomic E-state index is -3.63. The van der Waals surface area contributed by atoms with Crippen LogP contribution in [0.1, 0.15) is 25.0 Å². The van der Waals surface area contributed by atoms with Crippen LogP contribution in [0.5, 0.6) is 0 Å². The van der Waals surface area contributed by atoms with Crippen molar-refractivity contribution in [1.82, 2.24) is 14.3 Å². The molecule has 1 heterocycles. The molecule has 0 aromatic heterocycles. The average molecular weight is 311 g/mol. The number of hydrogen-bond donors (Lipinski definition) is 2. The van der Waals surface area contributed by atoms with Crippen molar-refractivity contribution in [2.24, 2.45) is 0 Å². The maximum atomic E-state index is 12.2. The second-order valence-electron chi connectivity index (χ2n) is 5.40. The highest BCUT2D eigenvalue weighted by Gasteiger charge is 2.26. The Balaban J connectivity index is 1.97. The van der Waals surface area contributed by atoms with E-state index in [0.29, 0.717) is 19.5 Å². The third-order valence-corrected chi connectivity index (χ3v) is 4.80. The predicted octanol–water partition coefficient (Wildman–Crippen LogP) is 0.404. The maximum absolute atomic E-state index is 12.2. The third-order valence-electron chi connectivity index (χ3n) is 3.30. The highest BCUT2D eigenvalue weighted by Crippen LogP contribution is 2.19. The van der Waals surface area contributed by atoms with Crippen LogP contribution in [0.3, 0.4) is 0 Å². The van der Waals surface area contributed by atoms with E-state index >= 15 is 0 Å². The molecular formula is C14H21N3O3S. The number of amides is 1. The molecule has 0 fully saturated rings. The number of nitrogens with zero attached hydrogens (tertiary/aromatic N) is 1. The molecule has 1 aromatic rings. The van der Waals surface area contributed by atoms with E-state index in [1.807, 2.05) is 38.1 Å². The molecule has 0 bridgehead atoms. The van der Waals surface area contributed by atoms with Gasteiger partial charge in [0.15, 0.2) is 0 Å². The number of carbonyl (C=O) groups excluding carboxylic acids is 1. The lowest BCUT2D eigenvalue weighted by Gasteiger charge is -2.28. The molecule has 0 atom stereocenters. The molecule has 1 amide bonds. The van der Waals surface area contributed by atoms with Gasteiger partial charge < -0.3 is 5.32 Å². The molecule has 2 rings (SSSR count). The molecule has 0 unspecified atom stereocenters. The van der Waals surface area contributed by atoms with E-state index in [-0.39, 0.29) is 18.5 Å². The number of nitrogens with one attached hydrogen (secondary N) is 2. The summed E-state index contributed by atoms with van der Waals surface area (Å²) < 4.78 is 28.2. The van der Waals surface area contributed by atoms with Gasteiger partial charge in [0.05, 0.1) is 6.54 Å². The standard InChI is InChI=1S/C14H21N3O3S/c1-11(2)16-14(18)9-15-21(19,20)17-8-7-12-5-3-4-6-13(12)10-17/h3-6,11,15H,7-10H2,1-2H3,(H,16,18). The zero-order valence-corrected chi connectivity index (χ0v) is 13.1. The minimum Gasteiger partial charge on any atom is -0.353 e. The van der Waals surface area contributed by atoms with Crippen LogP contribution in [-0.2, 0) is 28.0 Å². The van der Waals surface area contributed by atoms with Crippen molar-refractivity contribution in [3.63, 3.8) is 0 Å². The molecule has 1 aliphatic heterocycles. The summed E-state index contributed by atoms with van der Waals surface area (Å²) in [5.41, 5.74) is 2.20. The summed E-state index contributed by atoms with van der Waals surface area (Å²) in [6, 6.07) is 7.80. The molecule has 0 spiro atoms. The molecule has 0 saturated carbocycles. The largest absolute Gasteiger partial charge is 0.353 e. The maximum Gasteiger partial charge on any atom is 0.280 e. The fourth-order valence-corrected chi connectivity index (χ4v) is 3.43. The summed E-state index contributed by atoms with van der Waals surface area (Å²) in [5, 5.41) is 2.65. The Morgan fingerprint density at radius 2 is 1.95 bits per heavy atom. The Bertz CT molecular complexity index is 614. The van der Waals surface area contributed by atoms with E-state index in [9.17, 15) is 13.2 Å². The summed E-state index contributed by atoms with van der Waals surface area (Å²) in [6.07, 6.45) is 0.690. The smallest absolute Gasteiger partial charge is 0.280 e. The third kappa shape index (κ3) is 4.26. The molecule has 0 radical (unpaired) electrons. The van der Waals surface area contributed by atoms with Crippen molar-refractivity contribution in [3.8, 4) is 0 Å². The normalized spacial score (nSPS) is 15.8. The van der Waals surface area contributed by atoms with Gasteiger partial charge >= 0.3 is 0 Å². The fourth-order valence-electron chi connectivity index (χ4n) is 2.30. The first-order valence-electron chi connectivity index (χ1n) is 6.99. The van der Waals surface area contributed by atoms with Gasteiger partial charge in [-0.15, -0.1) is 0 Å². The van der Waals surface area contributed by atoms with E-state index in [0.717, 1.165) is 5.56 Å². The van der Waals surface area contributed by atoms with E-state index in [2.05, 4.69) is 10.0 Å². The van der Waals surface area contributed by atoms with Crippen molar-refractivity contribution in [3.05, 3.63) is 35.4 Å². The zero-order valence-electron chi connectivity index (χ0n) is 12.3. The Kier molecular flexibility index (Phi) is 4.97. The van der Waals surface area contributed by atoms with Gasteiger partial charge in [-0.3, -0.25) is 4.79 Å². The summed E-state index contributed by atoms with van der Waals surface area (Å²) in [4.78, 5) is 11.5. The van der Waals surface area contributed by atoms with Crippen LogP contribution in [0.25, 0.3) is 0 Å². The van der Waals surface area contributed by atoms with Crippen LogP contribution < -0.4 is 10.0 Å². The van der Waals surface area contributed by atoms with Gasteiger partial charge in [-0.25, -0.2) is 0 Å².